The van der Waals surface area contributed by atoms with E-state index in [1.807, 2.05) is 0 Å². The lowest BCUT2D eigenvalue weighted by molar-refractivity contribution is -0.158. The molecule has 0 radical (unpaired) electrons. The number of ether oxygens (including phenoxy) is 2. The number of carbonyl (C=O) groups is 4. The molecule has 1 saturated heterocycles. The SMILES string of the molecule is CC(OC(=O)C1CCCN(C(=O)OC(C)(C)C)C1)C(=O)Nc1sc2c(c1C(N)=O)CCC2. The lowest BCUT2D eigenvalue weighted by atomic mass is 9.98. The van der Waals surface area contributed by atoms with Gasteiger partial charge in [0.2, 0.25) is 0 Å². The Morgan fingerprint density at radius 3 is 2.56 bits per heavy atom. The van der Waals surface area contributed by atoms with Gasteiger partial charge in [-0.1, -0.05) is 0 Å². The van der Waals surface area contributed by atoms with E-state index < -0.39 is 41.5 Å². The Labute approximate surface area is 191 Å². The summed E-state index contributed by atoms with van der Waals surface area (Å²) in [4.78, 5) is 52.1. The summed E-state index contributed by atoms with van der Waals surface area (Å²) in [5, 5.41) is 3.11. The van der Waals surface area contributed by atoms with Crippen molar-refractivity contribution in [1.82, 2.24) is 4.90 Å². The number of hydrogen-bond donors (Lipinski definition) is 2. The largest absolute Gasteiger partial charge is 0.452 e. The lowest BCUT2D eigenvalue weighted by Gasteiger charge is -2.33. The van der Waals surface area contributed by atoms with Crippen molar-refractivity contribution in [2.75, 3.05) is 18.4 Å². The van der Waals surface area contributed by atoms with Gasteiger partial charge in [-0.25, -0.2) is 4.79 Å². The van der Waals surface area contributed by atoms with Gasteiger partial charge < -0.3 is 25.4 Å². The molecule has 10 heteroatoms. The number of nitrogens with zero attached hydrogens (tertiary/aromatic N) is 1. The van der Waals surface area contributed by atoms with Crippen LogP contribution >= 0.6 is 11.3 Å². The fourth-order valence-corrected chi connectivity index (χ4v) is 5.25. The zero-order chi connectivity index (χ0) is 23.6. The van der Waals surface area contributed by atoms with Crippen molar-refractivity contribution in [1.29, 1.82) is 0 Å². The molecule has 1 aliphatic carbocycles. The number of likely N-dealkylation sites (tertiary alicyclic amines) is 1. The van der Waals surface area contributed by atoms with Gasteiger partial charge in [0, 0.05) is 18.0 Å². The van der Waals surface area contributed by atoms with Crippen molar-refractivity contribution in [2.24, 2.45) is 11.7 Å². The van der Waals surface area contributed by atoms with Crippen molar-refractivity contribution >= 4 is 40.2 Å². The van der Waals surface area contributed by atoms with E-state index in [0.29, 0.717) is 30.0 Å². The van der Waals surface area contributed by atoms with Crippen molar-refractivity contribution in [3.63, 3.8) is 0 Å². The summed E-state index contributed by atoms with van der Waals surface area (Å²) in [5.74, 6) is -2.17. The Hall–Kier alpha value is -2.62. The molecule has 0 saturated carbocycles. The number of piperidine rings is 1. The summed E-state index contributed by atoms with van der Waals surface area (Å²) in [6.07, 6.45) is 2.27. The first-order chi connectivity index (χ1) is 15.0. The first-order valence-electron chi connectivity index (χ1n) is 10.9. The van der Waals surface area contributed by atoms with E-state index in [9.17, 15) is 19.2 Å². The average Bonchev–Trinajstić information content (AvgIpc) is 3.27. The van der Waals surface area contributed by atoms with Crippen LogP contribution in [0, 0.1) is 5.92 Å². The maximum absolute atomic E-state index is 12.7. The Bertz CT molecular complexity index is 920. The number of primary amides is 1. The lowest BCUT2D eigenvalue weighted by Crippen LogP contribution is -2.45. The number of fused-ring (bicyclic) bond motifs is 1. The third-order valence-corrected chi connectivity index (χ3v) is 6.68. The minimum absolute atomic E-state index is 0.186. The Balaban J connectivity index is 1.58. The van der Waals surface area contributed by atoms with E-state index in [0.717, 1.165) is 29.7 Å². The number of amides is 3. The van der Waals surface area contributed by atoms with Crippen LogP contribution in [0.2, 0.25) is 0 Å². The number of thiophene rings is 1. The molecule has 0 bridgehead atoms. The maximum Gasteiger partial charge on any atom is 0.410 e. The fourth-order valence-electron chi connectivity index (χ4n) is 3.95. The number of nitrogens with two attached hydrogens (primary N) is 1. The molecule has 2 aliphatic rings. The molecule has 32 heavy (non-hydrogen) atoms. The number of carbonyl (C=O) groups excluding carboxylic acids is 4. The normalized spacial score (nSPS) is 19.1. The summed E-state index contributed by atoms with van der Waals surface area (Å²) in [5.41, 5.74) is 6.17. The molecule has 9 nitrogen and oxygen atoms in total. The van der Waals surface area contributed by atoms with Gasteiger partial charge in [0.1, 0.15) is 10.6 Å². The van der Waals surface area contributed by atoms with Crippen LogP contribution in [0.25, 0.3) is 0 Å². The van der Waals surface area contributed by atoms with Crippen LogP contribution in [0.4, 0.5) is 9.80 Å². The van der Waals surface area contributed by atoms with Crippen molar-refractivity contribution in [3.05, 3.63) is 16.0 Å². The quantitative estimate of drug-likeness (QED) is 0.644. The molecule has 0 spiro atoms. The maximum atomic E-state index is 12.7. The van der Waals surface area contributed by atoms with Crippen LogP contribution in [0.3, 0.4) is 0 Å². The van der Waals surface area contributed by atoms with Crippen LogP contribution in [-0.2, 0) is 31.9 Å². The van der Waals surface area contributed by atoms with Crippen LogP contribution in [0.15, 0.2) is 0 Å². The highest BCUT2D eigenvalue weighted by Crippen LogP contribution is 2.39. The van der Waals surface area contributed by atoms with E-state index in [4.69, 9.17) is 15.2 Å². The first kappa shape index (κ1) is 24.0. The third-order valence-electron chi connectivity index (χ3n) is 5.47. The zero-order valence-electron chi connectivity index (χ0n) is 19.0. The van der Waals surface area contributed by atoms with Crippen molar-refractivity contribution in [3.8, 4) is 0 Å². The van der Waals surface area contributed by atoms with Crippen LogP contribution in [-0.4, -0.2) is 53.6 Å². The molecule has 1 fully saturated rings. The third kappa shape index (κ3) is 5.59. The highest BCUT2D eigenvalue weighted by molar-refractivity contribution is 7.17. The van der Waals surface area contributed by atoms with Crippen LogP contribution in [0.1, 0.15) is 67.8 Å². The molecule has 2 atom stereocenters. The van der Waals surface area contributed by atoms with Gasteiger partial charge in [0.25, 0.3) is 11.8 Å². The van der Waals surface area contributed by atoms with Gasteiger partial charge in [-0.15, -0.1) is 11.3 Å². The number of anilines is 1. The van der Waals surface area contributed by atoms with Crippen molar-refractivity contribution < 1.29 is 28.7 Å². The number of esters is 1. The monoisotopic (exact) mass is 465 g/mol. The molecule has 0 aromatic carbocycles. The highest BCUT2D eigenvalue weighted by Gasteiger charge is 2.34. The molecule has 2 heterocycles. The van der Waals surface area contributed by atoms with E-state index in [1.165, 1.54) is 23.2 Å². The molecule has 2 unspecified atom stereocenters. The summed E-state index contributed by atoms with van der Waals surface area (Å²) >= 11 is 1.35. The van der Waals surface area contributed by atoms with Gasteiger partial charge in [0.05, 0.1) is 11.5 Å². The molecule has 3 rings (SSSR count). The molecule has 3 amide bonds. The molecule has 176 valence electrons. The van der Waals surface area contributed by atoms with Crippen molar-refractivity contribution in [2.45, 2.75) is 71.5 Å². The summed E-state index contributed by atoms with van der Waals surface area (Å²) < 4.78 is 10.8. The molecule has 3 N–H and O–H groups in total. The second-order valence-corrected chi connectivity index (χ2v) is 10.4. The number of rotatable bonds is 5. The predicted molar refractivity (Wildman–Crippen MR) is 120 cm³/mol. The van der Waals surface area contributed by atoms with Crippen LogP contribution in [0.5, 0.6) is 0 Å². The van der Waals surface area contributed by atoms with Crippen LogP contribution < -0.4 is 11.1 Å². The van der Waals surface area contributed by atoms with Gasteiger partial charge in [0.15, 0.2) is 6.10 Å². The molecular formula is C22H31N3O6S. The topological polar surface area (TPSA) is 128 Å². The smallest absolute Gasteiger partial charge is 0.410 e. The van der Waals surface area contributed by atoms with Gasteiger partial charge in [-0.05, 0) is 65.4 Å². The molecule has 1 aromatic rings. The summed E-state index contributed by atoms with van der Waals surface area (Å²) in [6, 6.07) is 0. The molecule has 1 aliphatic heterocycles. The molecular weight excluding hydrogens is 434 g/mol. The summed E-state index contributed by atoms with van der Waals surface area (Å²) in [6.45, 7) is 7.53. The van der Waals surface area contributed by atoms with E-state index in [-0.39, 0.29) is 6.54 Å². The minimum Gasteiger partial charge on any atom is -0.452 e. The Kier molecular flexibility index (Phi) is 7.12. The summed E-state index contributed by atoms with van der Waals surface area (Å²) in [7, 11) is 0. The van der Waals surface area contributed by atoms with Gasteiger partial charge in [-0.2, -0.15) is 0 Å². The minimum atomic E-state index is -1.06. The standard InChI is InChI=1S/C22H31N3O6S/c1-12(18(27)24-19-16(17(23)26)14-8-5-9-15(14)32-19)30-20(28)13-7-6-10-25(11-13)21(29)31-22(2,3)4/h12-13H,5-11H2,1-4H3,(H2,23,26)(H,24,27). The van der Waals surface area contributed by atoms with E-state index in [2.05, 4.69) is 5.32 Å². The van der Waals surface area contributed by atoms with E-state index >= 15 is 0 Å². The van der Waals surface area contributed by atoms with E-state index in [1.54, 1.807) is 20.8 Å². The number of aryl methyl sites for hydroxylation is 1. The predicted octanol–water partition coefficient (Wildman–Crippen LogP) is 2.85. The average molecular weight is 466 g/mol. The Morgan fingerprint density at radius 1 is 1.19 bits per heavy atom. The first-order valence-corrected chi connectivity index (χ1v) is 11.7. The second kappa shape index (κ2) is 9.48. The second-order valence-electron chi connectivity index (χ2n) is 9.26. The zero-order valence-corrected chi connectivity index (χ0v) is 19.8. The highest BCUT2D eigenvalue weighted by atomic mass is 32.1. The molecule has 1 aromatic heterocycles. The van der Waals surface area contributed by atoms with Gasteiger partial charge in [-0.3, -0.25) is 14.4 Å². The fraction of sp³-hybridized carbons (Fsp3) is 0.636. The van der Waals surface area contributed by atoms with Gasteiger partial charge >= 0.3 is 12.1 Å². The Morgan fingerprint density at radius 2 is 1.91 bits per heavy atom. The number of nitrogens with one attached hydrogen (secondary N) is 1. The number of hydrogen-bond acceptors (Lipinski definition) is 7.